The van der Waals surface area contributed by atoms with E-state index in [1.165, 1.54) is 6.33 Å². The molecule has 6 bridgehead atoms. The van der Waals surface area contributed by atoms with E-state index in [9.17, 15) is 9.59 Å². The van der Waals surface area contributed by atoms with Crippen LogP contribution in [0.25, 0.3) is 5.69 Å². The number of benzene rings is 3. The van der Waals surface area contributed by atoms with Crippen molar-refractivity contribution in [2.24, 2.45) is 0 Å². The first-order valence-electron chi connectivity index (χ1n) is 13.2. The number of amides is 2. The van der Waals surface area contributed by atoms with Gasteiger partial charge in [-0.3, -0.25) is 9.59 Å². The lowest BCUT2D eigenvalue weighted by molar-refractivity contribution is -0.123. The Morgan fingerprint density at radius 2 is 2.00 bits per heavy atom. The Bertz CT molecular complexity index is 1540. The van der Waals surface area contributed by atoms with Crippen LogP contribution in [0.2, 0.25) is 0 Å². The third-order valence-electron chi connectivity index (χ3n) is 7.16. The van der Waals surface area contributed by atoms with Crippen LogP contribution in [-0.4, -0.2) is 64.9 Å². The molecule has 2 amide bonds. The standard InChI is InChI=1S/C30H29N5O5/c1-38-26-16-24-20-10-12-34(30(37)23-8-2-3-9-25(23)35-19-31-18-33-35)29(24)21-6-4-7-22(14-21)39-13-5-11-32-28(36)17-40-27(26)15-20/h2-4,6-9,14-16,18-19,29H,5,10-13,17H2,1H3,(H,32,36). The molecule has 4 aromatic rings. The van der Waals surface area contributed by atoms with Gasteiger partial charge in [-0.25, -0.2) is 9.67 Å². The van der Waals surface area contributed by atoms with Gasteiger partial charge in [-0.2, -0.15) is 5.10 Å². The summed E-state index contributed by atoms with van der Waals surface area (Å²) in [7, 11) is 1.57. The van der Waals surface area contributed by atoms with Crippen molar-refractivity contribution >= 4 is 11.8 Å². The third kappa shape index (κ3) is 4.95. The monoisotopic (exact) mass is 539 g/mol. The number of methoxy groups -OCH3 is 1. The van der Waals surface area contributed by atoms with Gasteiger partial charge >= 0.3 is 0 Å². The molecule has 1 N–H and O–H groups in total. The van der Waals surface area contributed by atoms with Crippen LogP contribution in [0, 0.1) is 0 Å². The zero-order valence-corrected chi connectivity index (χ0v) is 22.1. The highest BCUT2D eigenvalue weighted by molar-refractivity contribution is 5.98. The molecular formula is C30H29N5O5. The van der Waals surface area contributed by atoms with Crippen molar-refractivity contribution < 1.29 is 23.8 Å². The Kier molecular flexibility index (Phi) is 7.05. The first-order chi connectivity index (χ1) is 19.6. The second kappa shape index (κ2) is 11.1. The molecule has 4 heterocycles. The summed E-state index contributed by atoms with van der Waals surface area (Å²) < 4.78 is 19.2. The topological polar surface area (TPSA) is 108 Å². The minimum absolute atomic E-state index is 0.123. The summed E-state index contributed by atoms with van der Waals surface area (Å²) in [6, 6.07) is 18.6. The van der Waals surface area contributed by atoms with Crippen LogP contribution in [0.5, 0.6) is 17.2 Å². The molecule has 0 aliphatic carbocycles. The van der Waals surface area contributed by atoms with Crippen molar-refractivity contribution in [1.29, 1.82) is 0 Å². The summed E-state index contributed by atoms with van der Waals surface area (Å²) in [6.07, 6.45) is 4.27. The molecule has 3 aliphatic rings. The molecule has 10 nitrogen and oxygen atoms in total. The van der Waals surface area contributed by atoms with Gasteiger partial charge in [-0.15, -0.1) is 0 Å². The van der Waals surface area contributed by atoms with Gasteiger partial charge in [0.05, 0.1) is 31.0 Å². The van der Waals surface area contributed by atoms with E-state index in [1.54, 1.807) is 18.1 Å². The number of carbonyl (C=O) groups excluding carboxylic acids is 2. The quantitative estimate of drug-likeness (QED) is 0.426. The molecule has 0 saturated carbocycles. The van der Waals surface area contributed by atoms with Crippen LogP contribution in [0.1, 0.15) is 39.5 Å². The number of hydrogen-bond donors (Lipinski definition) is 1. The molecule has 1 atom stereocenters. The number of aromatic nitrogens is 3. The maximum atomic E-state index is 14.3. The highest BCUT2D eigenvalue weighted by atomic mass is 16.5. The van der Waals surface area contributed by atoms with Gasteiger partial charge in [-0.05, 0) is 65.9 Å². The number of nitrogens with zero attached hydrogens (tertiary/aromatic N) is 4. The maximum Gasteiger partial charge on any atom is 0.257 e. The number of carbonyl (C=O) groups is 2. The predicted molar refractivity (Wildman–Crippen MR) is 146 cm³/mol. The lowest BCUT2D eigenvalue weighted by Gasteiger charge is -2.38. The van der Waals surface area contributed by atoms with E-state index in [4.69, 9.17) is 14.2 Å². The fraction of sp³-hybridized carbons (Fsp3) is 0.267. The van der Waals surface area contributed by atoms with Gasteiger partial charge in [-0.1, -0.05) is 24.3 Å². The maximum absolute atomic E-state index is 14.3. The Morgan fingerprint density at radius 3 is 2.85 bits per heavy atom. The molecular weight excluding hydrogens is 510 g/mol. The second-order valence-electron chi connectivity index (χ2n) is 9.62. The normalized spacial score (nSPS) is 17.0. The largest absolute Gasteiger partial charge is 0.494 e. The number of para-hydroxylation sites is 1. The lowest BCUT2D eigenvalue weighted by atomic mass is 9.87. The van der Waals surface area contributed by atoms with Gasteiger partial charge in [0.2, 0.25) is 0 Å². The van der Waals surface area contributed by atoms with Gasteiger partial charge < -0.3 is 24.4 Å². The van der Waals surface area contributed by atoms with E-state index in [0.29, 0.717) is 61.0 Å². The Morgan fingerprint density at radius 1 is 1.10 bits per heavy atom. The van der Waals surface area contributed by atoms with Crippen molar-refractivity contribution in [2.75, 3.05) is 33.4 Å². The molecule has 10 heteroatoms. The van der Waals surface area contributed by atoms with E-state index in [-0.39, 0.29) is 18.4 Å². The fourth-order valence-corrected chi connectivity index (χ4v) is 5.28. The molecule has 1 aromatic heterocycles. The van der Waals surface area contributed by atoms with Crippen LogP contribution in [0.15, 0.2) is 73.3 Å². The minimum atomic E-state index is -0.414. The number of hydrogen-bond acceptors (Lipinski definition) is 7. The zero-order valence-electron chi connectivity index (χ0n) is 22.1. The average Bonchev–Trinajstić information content (AvgIpc) is 3.53. The Balaban J connectivity index is 1.48. The minimum Gasteiger partial charge on any atom is -0.494 e. The predicted octanol–water partition coefficient (Wildman–Crippen LogP) is 3.34. The number of ether oxygens (including phenoxy) is 3. The van der Waals surface area contributed by atoms with Gasteiger partial charge in [0.1, 0.15) is 18.4 Å². The average molecular weight is 540 g/mol. The van der Waals surface area contributed by atoms with Crippen LogP contribution >= 0.6 is 0 Å². The molecule has 204 valence electrons. The van der Waals surface area contributed by atoms with E-state index in [2.05, 4.69) is 15.4 Å². The summed E-state index contributed by atoms with van der Waals surface area (Å²) >= 11 is 0. The summed E-state index contributed by atoms with van der Waals surface area (Å²) in [5, 5.41) is 7.11. The van der Waals surface area contributed by atoms with Gasteiger partial charge in [0.15, 0.2) is 18.1 Å². The summed E-state index contributed by atoms with van der Waals surface area (Å²) in [6.45, 7) is 1.26. The van der Waals surface area contributed by atoms with E-state index < -0.39 is 6.04 Å². The number of fused-ring (bicyclic) bond motifs is 8. The van der Waals surface area contributed by atoms with Crippen LogP contribution in [0.4, 0.5) is 0 Å². The van der Waals surface area contributed by atoms with E-state index in [0.717, 1.165) is 16.7 Å². The van der Waals surface area contributed by atoms with Gasteiger partial charge in [0.25, 0.3) is 11.8 Å². The van der Waals surface area contributed by atoms with E-state index in [1.807, 2.05) is 65.6 Å². The highest BCUT2D eigenvalue weighted by Crippen LogP contribution is 2.42. The van der Waals surface area contributed by atoms with E-state index >= 15 is 0 Å². The first-order valence-corrected chi connectivity index (χ1v) is 13.2. The summed E-state index contributed by atoms with van der Waals surface area (Å²) in [4.78, 5) is 32.6. The molecule has 0 saturated heterocycles. The molecule has 7 rings (SSSR count). The smallest absolute Gasteiger partial charge is 0.257 e. The Hall–Kier alpha value is -4.86. The molecule has 0 radical (unpaired) electrons. The Labute approximate surface area is 231 Å². The zero-order chi connectivity index (χ0) is 27.5. The van der Waals surface area contributed by atoms with Crippen LogP contribution in [0.3, 0.4) is 0 Å². The number of nitrogens with one attached hydrogen (secondary N) is 1. The van der Waals surface area contributed by atoms with Crippen LogP contribution in [-0.2, 0) is 11.2 Å². The van der Waals surface area contributed by atoms with Crippen molar-refractivity contribution in [3.05, 3.63) is 95.6 Å². The van der Waals surface area contributed by atoms with Crippen molar-refractivity contribution in [3.8, 4) is 22.9 Å². The molecule has 0 fully saturated rings. The first kappa shape index (κ1) is 25.4. The second-order valence-corrected chi connectivity index (χ2v) is 9.62. The lowest BCUT2D eigenvalue weighted by Crippen LogP contribution is -2.41. The third-order valence-corrected chi connectivity index (χ3v) is 7.16. The fourth-order valence-electron chi connectivity index (χ4n) is 5.28. The highest BCUT2D eigenvalue weighted by Gasteiger charge is 2.35. The molecule has 3 aliphatic heterocycles. The molecule has 40 heavy (non-hydrogen) atoms. The van der Waals surface area contributed by atoms with Crippen molar-refractivity contribution in [2.45, 2.75) is 18.9 Å². The SMILES string of the molecule is COc1cc2c3cc1OCC(=O)NCCCOc1cccc(c1)C2N(C(=O)c1ccccc1-n1cncn1)CC3. The molecule has 3 aromatic carbocycles. The summed E-state index contributed by atoms with van der Waals surface area (Å²) in [5.41, 5.74) is 4.04. The van der Waals surface area contributed by atoms with Crippen molar-refractivity contribution in [1.82, 2.24) is 25.0 Å². The molecule has 0 spiro atoms. The van der Waals surface area contributed by atoms with Crippen LogP contribution < -0.4 is 19.5 Å². The van der Waals surface area contributed by atoms with Crippen molar-refractivity contribution in [3.63, 3.8) is 0 Å². The molecule has 1 unspecified atom stereocenters. The number of rotatable bonds is 3. The van der Waals surface area contributed by atoms with Gasteiger partial charge in [0, 0.05) is 13.1 Å². The summed E-state index contributed by atoms with van der Waals surface area (Å²) in [5.74, 6) is 1.35.